The van der Waals surface area contributed by atoms with E-state index in [1.165, 1.54) is 0 Å². The summed E-state index contributed by atoms with van der Waals surface area (Å²) in [5, 5.41) is 5.77. The Balaban J connectivity index is 1.82. The van der Waals surface area contributed by atoms with Gasteiger partial charge in [-0.2, -0.15) is 0 Å². The number of aromatic nitrogens is 1. The van der Waals surface area contributed by atoms with Crippen LogP contribution in [0.5, 0.6) is 5.75 Å². The zero-order valence-corrected chi connectivity index (χ0v) is 14.3. The second-order valence-electron chi connectivity index (χ2n) is 5.23. The van der Waals surface area contributed by atoms with E-state index in [1.807, 2.05) is 19.2 Å². The first-order valence-corrected chi connectivity index (χ1v) is 8.26. The normalized spacial score (nSPS) is 11.8. The number of methoxy groups -OCH3 is 1. The lowest BCUT2D eigenvalue weighted by atomic mass is 10.1. The quantitative estimate of drug-likeness (QED) is 0.790. The van der Waals surface area contributed by atoms with Crippen LogP contribution < -0.4 is 10.1 Å². The fourth-order valence-corrected chi connectivity index (χ4v) is 2.82. The van der Waals surface area contributed by atoms with Gasteiger partial charge < -0.3 is 10.1 Å². The Hall–Kier alpha value is -2.21. The standard InChI is InChI=1S/C17H20N2O3S/c1-11(15-10-23-12(2)19-15)18-17(21)9-8-16(20)13-4-6-14(22-3)7-5-13/h4-7,10-11H,8-9H2,1-3H3,(H,18,21). The highest BCUT2D eigenvalue weighted by molar-refractivity contribution is 7.09. The van der Waals surface area contributed by atoms with Gasteiger partial charge in [0, 0.05) is 23.8 Å². The number of aryl methyl sites for hydroxylation is 1. The minimum atomic E-state index is -0.150. The Kier molecular flexibility index (Phi) is 5.87. The van der Waals surface area contributed by atoms with E-state index in [-0.39, 0.29) is 30.6 Å². The number of ketones is 1. The summed E-state index contributed by atoms with van der Waals surface area (Å²) < 4.78 is 5.05. The van der Waals surface area contributed by atoms with Crippen molar-refractivity contribution >= 4 is 23.0 Å². The Morgan fingerprint density at radius 3 is 2.52 bits per heavy atom. The van der Waals surface area contributed by atoms with Crippen LogP contribution in [0, 0.1) is 6.92 Å². The monoisotopic (exact) mass is 332 g/mol. The summed E-state index contributed by atoms with van der Waals surface area (Å²) in [5.41, 5.74) is 1.43. The first-order valence-electron chi connectivity index (χ1n) is 7.38. The van der Waals surface area contributed by atoms with Gasteiger partial charge in [-0.1, -0.05) is 0 Å². The summed E-state index contributed by atoms with van der Waals surface area (Å²) in [6.45, 7) is 3.81. The van der Waals surface area contributed by atoms with Gasteiger partial charge in [-0.15, -0.1) is 11.3 Å². The van der Waals surface area contributed by atoms with E-state index in [2.05, 4.69) is 10.3 Å². The zero-order valence-electron chi connectivity index (χ0n) is 13.5. The fourth-order valence-electron chi connectivity index (χ4n) is 2.11. The molecule has 1 unspecified atom stereocenters. The maximum absolute atomic E-state index is 12.1. The number of thiazole rings is 1. The average molecular weight is 332 g/mol. The van der Waals surface area contributed by atoms with E-state index < -0.39 is 0 Å². The summed E-state index contributed by atoms with van der Waals surface area (Å²) in [7, 11) is 1.58. The van der Waals surface area contributed by atoms with Crippen LogP contribution in [0.25, 0.3) is 0 Å². The third-order valence-electron chi connectivity index (χ3n) is 3.45. The van der Waals surface area contributed by atoms with Crippen molar-refractivity contribution in [3.05, 3.63) is 45.9 Å². The molecule has 0 spiro atoms. The number of carbonyl (C=O) groups excluding carboxylic acids is 2. The van der Waals surface area contributed by atoms with Crippen molar-refractivity contribution < 1.29 is 14.3 Å². The number of rotatable bonds is 7. The molecule has 6 heteroatoms. The molecule has 1 heterocycles. The zero-order chi connectivity index (χ0) is 16.8. The molecule has 1 aromatic heterocycles. The number of ether oxygens (including phenoxy) is 1. The molecule has 0 fully saturated rings. The van der Waals surface area contributed by atoms with Gasteiger partial charge in [0.1, 0.15) is 5.75 Å². The first kappa shape index (κ1) is 17.1. The van der Waals surface area contributed by atoms with Crippen molar-refractivity contribution in [2.45, 2.75) is 32.7 Å². The van der Waals surface area contributed by atoms with Crippen LogP contribution in [-0.2, 0) is 4.79 Å². The Morgan fingerprint density at radius 1 is 1.26 bits per heavy atom. The molecule has 1 N–H and O–H groups in total. The van der Waals surface area contributed by atoms with Gasteiger partial charge in [-0.3, -0.25) is 9.59 Å². The largest absolute Gasteiger partial charge is 0.497 e. The molecule has 1 amide bonds. The van der Waals surface area contributed by atoms with Crippen molar-refractivity contribution in [2.24, 2.45) is 0 Å². The highest BCUT2D eigenvalue weighted by atomic mass is 32.1. The van der Waals surface area contributed by atoms with Crippen LogP contribution in [0.2, 0.25) is 0 Å². The van der Waals surface area contributed by atoms with E-state index in [0.717, 1.165) is 10.7 Å². The molecule has 1 aromatic carbocycles. The molecule has 2 aromatic rings. The second kappa shape index (κ2) is 7.87. The molecule has 0 aliphatic carbocycles. The van der Waals surface area contributed by atoms with Crippen LogP contribution in [0.4, 0.5) is 0 Å². The molecule has 5 nitrogen and oxygen atoms in total. The molecule has 0 aliphatic heterocycles. The molecular weight excluding hydrogens is 312 g/mol. The molecule has 0 aliphatic rings. The van der Waals surface area contributed by atoms with E-state index >= 15 is 0 Å². The van der Waals surface area contributed by atoms with E-state index in [9.17, 15) is 9.59 Å². The molecule has 0 bridgehead atoms. The number of nitrogens with one attached hydrogen (secondary N) is 1. The summed E-state index contributed by atoms with van der Waals surface area (Å²) in [4.78, 5) is 28.4. The highest BCUT2D eigenvalue weighted by Gasteiger charge is 2.14. The van der Waals surface area contributed by atoms with Gasteiger partial charge in [0.2, 0.25) is 5.91 Å². The van der Waals surface area contributed by atoms with Crippen molar-refractivity contribution in [1.82, 2.24) is 10.3 Å². The number of nitrogens with zero attached hydrogens (tertiary/aromatic N) is 1. The predicted octanol–water partition coefficient (Wildman–Crippen LogP) is 3.30. The van der Waals surface area contributed by atoms with Crippen LogP contribution in [0.1, 0.15) is 46.9 Å². The molecule has 2 rings (SSSR count). The fraction of sp³-hybridized carbons (Fsp3) is 0.353. The number of hydrogen-bond acceptors (Lipinski definition) is 5. The Morgan fingerprint density at radius 2 is 1.96 bits per heavy atom. The van der Waals surface area contributed by atoms with Crippen molar-refractivity contribution in [3.63, 3.8) is 0 Å². The van der Waals surface area contributed by atoms with Crippen molar-refractivity contribution in [1.29, 1.82) is 0 Å². The maximum Gasteiger partial charge on any atom is 0.220 e. The minimum Gasteiger partial charge on any atom is -0.497 e. The Labute approximate surface area is 139 Å². The van der Waals surface area contributed by atoms with Gasteiger partial charge in [0.25, 0.3) is 0 Å². The number of hydrogen-bond donors (Lipinski definition) is 1. The van der Waals surface area contributed by atoms with Gasteiger partial charge in [-0.05, 0) is 38.1 Å². The summed E-state index contributed by atoms with van der Waals surface area (Å²) in [6, 6.07) is 6.74. The van der Waals surface area contributed by atoms with E-state index in [4.69, 9.17) is 4.74 Å². The molecule has 122 valence electrons. The smallest absolute Gasteiger partial charge is 0.220 e. The molecule has 0 saturated carbocycles. The number of carbonyl (C=O) groups is 2. The van der Waals surface area contributed by atoms with E-state index in [0.29, 0.717) is 11.3 Å². The maximum atomic E-state index is 12.1. The first-order chi connectivity index (χ1) is 11.0. The van der Waals surface area contributed by atoms with Crippen LogP contribution in [-0.4, -0.2) is 23.8 Å². The summed E-state index contributed by atoms with van der Waals surface area (Å²) in [5.74, 6) is 0.497. The number of Topliss-reactive ketones (excluding diaryl/α,β-unsaturated/α-hetero) is 1. The second-order valence-corrected chi connectivity index (χ2v) is 6.29. The number of benzene rings is 1. The van der Waals surface area contributed by atoms with Gasteiger partial charge >= 0.3 is 0 Å². The van der Waals surface area contributed by atoms with Gasteiger partial charge in [0.05, 0.1) is 23.9 Å². The predicted molar refractivity (Wildman–Crippen MR) is 90.0 cm³/mol. The summed E-state index contributed by atoms with van der Waals surface area (Å²) in [6.07, 6.45) is 0.347. The van der Waals surface area contributed by atoms with Crippen LogP contribution in [0.3, 0.4) is 0 Å². The third-order valence-corrected chi connectivity index (χ3v) is 4.24. The van der Waals surface area contributed by atoms with Crippen molar-refractivity contribution in [2.75, 3.05) is 7.11 Å². The van der Waals surface area contributed by atoms with Gasteiger partial charge in [0.15, 0.2) is 5.78 Å². The lowest BCUT2D eigenvalue weighted by molar-refractivity contribution is -0.121. The van der Waals surface area contributed by atoms with Gasteiger partial charge in [-0.25, -0.2) is 4.98 Å². The molecule has 1 atom stereocenters. The Bertz CT molecular complexity index is 679. The van der Waals surface area contributed by atoms with E-state index in [1.54, 1.807) is 42.7 Å². The molecule has 23 heavy (non-hydrogen) atoms. The average Bonchev–Trinajstić information content (AvgIpc) is 2.99. The SMILES string of the molecule is COc1ccc(C(=O)CCC(=O)NC(C)c2csc(C)n2)cc1. The highest BCUT2D eigenvalue weighted by Crippen LogP contribution is 2.16. The van der Waals surface area contributed by atoms with Crippen LogP contribution >= 0.6 is 11.3 Å². The van der Waals surface area contributed by atoms with Crippen LogP contribution in [0.15, 0.2) is 29.6 Å². The minimum absolute atomic E-state index is 0.0556. The lowest BCUT2D eigenvalue weighted by Gasteiger charge is -2.11. The summed E-state index contributed by atoms with van der Waals surface area (Å²) >= 11 is 1.55. The topological polar surface area (TPSA) is 68.3 Å². The molecule has 0 radical (unpaired) electrons. The molecule has 0 saturated heterocycles. The molecular formula is C17H20N2O3S. The third kappa shape index (κ3) is 4.89. The van der Waals surface area contributed by atoms with Crippen molar-refractivity contribution in [3.8, 4) is 5.75 Å². The lowest BCUT2D eigenvalue weighted by Crippen LogP contribution is -2.27. The number of amides is 1.